The molecule has 2 N–H and O–H groups in total. The van der Waals surface area contributed by atoms with E-state index in [4.69, 9.17) is 15.0 Å². The molecule has 0 radical (unpaired) electrons. The average molecular weight is 181 g/mol. The van der Waals surface area contributed by atoms with Gasteiger partial charge < -0.3 is 10.2 Å². The topological polar surface area (TPSA) is 57.5 Å². The van der Waals surface area contributed by atoms with Crippen LogP contribution in [0, 0.1) is 0 Å². The van der Waals surface area contributed by atoms with Crippen molar-refractivity contribution < 1.29 is 48.0 Å². The third kappa shape index (κ3) is 684. The van der Waals surface area contributed by atoms with Crippen LogP contribution in [0.3, 0.4) is 0 Å². The second-order valence-corrected chi connectivity index (χ2v) is 0.283. The van der Waals surface area contributed by atoms with Crippen LogP contribution in [-0.2, 0) is 33.0 Å². The Kier molecular flexibility index (Phi) is 24.4. The van der Waals surface area contributed by atoms with Crippen molar-refractivity contribution in [2.75, 3.05) is 0 Å². The molecule has 0 aromatic heterocycles. The molecule has 0 aliphatic heterocycles. The molecule has 0 aromatic rings. The maximum atomic E-state index is 8.56. The van der Waals surface area contributed by atoms with Gasteiger partial charge in [-0.3, -0.25) is 0 Å². The first-order chi connectivity index (χ1) is 1.73. The number of carbonyl (C=O) groups is 1. The van der Waals surface area contributed by atoms with E-state index in [1.807, 2.05) is 0 Å². The summed E-state index contributed by atoms with van der Waals surface area (Å²) >= 11 is 0. The molecule has 0 heterocycles. The molecule has 0 unspecified atom stereocenters. The molecule has 0 rings (SSSR count). The van der Waals surface area contributed by atoms with E-state index in [2.05, 4.69) is 0 Å². The van der Waals surface area contributed by atoms with E-state index < -0.39 is 6.16 Å². The number of hydrogen-bond acceptors (Lipinski definition) is 1. The van der Waals surface area contributed by atoms with Crippen LogP contribution in [0.15, 0.2) is 0 Å². The minimum absolute atomic E-state index is 0. The van der Waals surface area contributed by atoms with Crippen LogP contribution in [0.4, 0.5) is 4.79 Å². The van der Waals surface area contributed by atoms with Gasteiger partial charge in [-0.1, -0.05) is 0 Å². The first-order valence-electron chi connectivity index (χ1n) is 0.651. The van der Waals surface area contributed by atoms with Crippen LogP contribution in [-0.4, -0.2) is 16.4 Å². The molecule has 0 aliphatic carbocycles. The Hall–Kier alpha value is 0.257. The Bertz CT molecular complexity index is 31.8. The van der Waals surface area contributed by atoms with Gasteiger partial charge in [0.15, 0.2) is 0 Å². The Balaban J connectivity index is -0.0000000450. The van der Waals surface area contributed by atoms with Gasteiger partial charge in [0.2, 0.25) is 0 Å². The van der Waals surface area contributed by atoms with E-state index in [0.29, 0.717) is 0 Å². The normalized spacial score (nSPS) is 4.00. The molecule has 0 fully saturated rings. The summed E-state index contributed by atoms with van der Waals surface area (Å²) in [6.45, 7) is 0. The molecule has 0 amide bonds. The van der Waals surface area contributed by atoms with Gasteiger partial charge in [0, 0.05) is 0 Å². The van der Waals surface area contributed by atoms with E-state index in [0.717, 1.165) is 0 Å². The summed E-state index contributed by atoms with van der Waals surface area (Å²) in [4.78, 5) is 8.56. The Morgan fingerprint density at radius 3 is 1.17 bits per heavy atom. The van der Waals surface area contributed by atoms with Crippen molar-refractivity contribution in [3.8, 4) is 0 Å². The fraction of sp³-hybridized carbons (Fsp3) is 0. The summed E-state index contributed by atoms with van der Waals surface area (Å²) in [6, 6.07) is 0. The maximum absolute atomic E-state index is 8.56. The van der Waals surface area contributed by atoms with E-state index in [1.54, 1.807) is 0 Å². The Morgan fingerprint density at radius 1 is 1.17 bits per heavy atom. The molecule has 0 saturated heterocycles. The minimum atomic E-state index is -1.83. The van der Waals surface area contributed by atoms with E-state index in [1.165, 1.54) is 0 Å². The summed E-state index contributed by atoms with van der Waals surface area (Å²) in [6.07, 6.45) is -1.83. The number of carboxylic acid groups (broad SMARTS) is 2. The monoisotopic (exact) mass is 180 g/mol. The molecule has 5 heteroatoms. The zero-order valence-corrected chi connectivity index (χ0v) is 4.55. The van der Waals surface area contributed by atoms with Crippen molar-refractivity contribution >= 4 is 6.16 Å². The molecular weight excluding hydrogens is 177 g/mol. The number of hydrogen-bond donors (Lipinski definition) is 2. The molecule has 0 spiro atoms. The van der Waals surface area contributed by atoms with Gasteiger partial charge in [0.05, 0.1) is 0 Å². The molecule has 46 valence electrons. The summed E-state index contributed by atoms with van der Waals surface area (Å²) in [5.41, 5.74) is 0. The van der Waals surface area contributed by atoms with E-state index >= 15 is 0 Å². The van der Waals surface area contributed by atoms with Gasteiger partial charge >= 0.3 is 39.1 Å². The van der Waals surface area contributed by atoms with Crippen molar-refractivity contribution in [3.63, 3.8) is 0 Å². The quantitative estimate of drug-likeness (QED) is 0.504. The van der Waals surface area contributed by atoms with Gasteiger partial charge in [-0.15, -0.1) is 0 Å². The predicted octanol–water partition coefficient (Wildman–Crippen LogP) is -0.318. The van der Waals surface area contributed by atoms with Crippen molar-refractivity contribution in [1.82, 2.24) is 0 Å². The van der Waals surface area contributed by atoms with Crippen LogP contribution >= 0.6 is 0 Å². The molecule has 0 atom stereocenters. The molecule has 6 heavy (non-hydrogen) atoms. The Morgan fingerprint density at radius 2 is 1.17 bits per heavy atom. The zero-order chi connectivity index (χ0) is 3.58. The Labute approximate surface area is 54.6 Å². The van der Waals surface area contributed by atoms with Gasteiger partial charge in [-0.25, -0.2) is 4.79 Å². The summed E-state index contributed by atoms with van der Waals surface area (Å²) in [5.74, 6) is 0. The number of rotatable bonds is 0. The first-order valence-corrected chi connectivity index (χ1v) is 0.651. The second kappa shape index (κ2) is 8.98. The van der Waals surface area contributed by atoms with E-state index in [9.17, 15) is 0 Å². The first kappa shape index (κ1) is 16.3. The van der Waals surface area contributed by atoms with Gasteiger partial charge in [0.1, 0.15) is 0 Å². The third-order valence-corrected chi connectivity index (χ3v) is 0. The van der Waals surface area contributed by atoms with Crippen molar-refractivity contribution in [2.24, 2.45) is 0 Å². The summed E-state index contributed by atoms with van der Waals surface area (Å²) < 4.78 is 0. The molecular formula is CH4Ni2O3. The fourth-order valence-electron chi connectivity index (χ4n) is 0. The van der Waals surface area contributed by atoms with Crippen LogP contribution in [0.2, 0.25) is 0 Å². The molecule has 0 aliphatic rings. The van der Waals surface area contributed by atoms with E-state index in [-0.39, 0.29) is 33.0 Å². The fourth-order valence-corrected chi connectivity index (χ4v) is 0. The van der Waals surface area contributed by atoms with Crippen molar-refractivity contribution in [1.29, 1.82) is 0 Å². The van der Waals surface area contributed by atoms with Gasteiger partial charge in [0.25, 0.3) is 0 Å². The van der Waals surface area contributed by atoms with Gasteiger partial charge in [-0.2, -0.15) is 0 Å². The third-order valence-electron chi connectivity index (χ3n) is 0. The zero-order valence-electron chi connectivity index (χ0n) is 2.47. The average Bonchev–Trinajstić information content (AvgIpc) is 0.811. The van der Waals surface area contributed by atoms with Crippen LogP contribution in [0.25, 0.3) is 0 Å². The molecule has 0 aromatic carbocycles. The molecule has 0 bridgehead atoms. The van der Waals surface area contributed by atoms with Crippen LogP contribution in [0.1, 0.15) is 0 Å². The predicted molar refractivity (Wildman–Crippen MR) is 13.4 cm³/mol. The van der Waals surface area contributed by atoms with Gasteiger partial charge in [-0.05, 0) is 0 Å². The van der Waals surface area contributed by atoms with Crippen molar-refractivity contribution in [2.45, 2.75) is 0 Å². The second-order valence-electron chi connectivity index (χ2n) is 0.283. The summed E-state index contributed by atoms with van der Waals surface area (Å²) in [7, 11) is 0. The standard InChI is InChI=1S/CH2O3.2Ni.2H/c2-1(3)4;;;;/h(H2,2,3,4);;;;. The summed E-state index contributed by atoms with van der Waals surface area (Å²) in [5, 5.41) is 13.9. The molecule has 3 nitrogen and oxygen atoms in total. The van der Waals surface area contributed by atoms with Crippen LogP contribution in [0.5, 0.6) is 0 Å². The van der Waals surface area contributed by atoms with Crippen molar-refractivity contribution in [3.05, 3.63) is 0 Å². The SMILES string of the molecule is O=C(O)O.[NiH].[NiH]. The molecule has 0 saturated carbocycles. The van der Waals surface area contributed by atoms with Crippen LogP contribution < -0.4 is 0 Å².